The van der Waals surface area contributed by atoms with Crippen LogP contribution in [0, 0.1) is 0 Å². The van der Waals surface area contributed by atoms with Crippen molar-refractivity contribution in [3.63, 3.8) is 0 Å². The number of amides is 2. The number of ether oxygens (including phenoxy) is 3. The smallest absolute Gasteiger partial charge is 0.252 e. The molecule has 9 nitrogen and oxygen atoms in total. The first kappa shape index (κ1) is 20.3. The molecule has 2 aliphatic heterocycles. The van der Waals surface area contributed by atoms with Gasteiger partial charge >= 0.3 is 0 Å². The summed E-state index contributed by atoms with van der Waals surface area (Å²) in [6.45, 7) is 1.57. The SMILES string of the molecule is Cn1ncc2cc(C(N)=O)c(Oc3ccc(OCCC(=O)N4C5COCC4C5)cc3)cc21. The van der Waals surface area contributed by atoms with Crippen LogP contribution in [0.2, 0.25) is 0 Å². The largest absolute Gasteiger partial charge is 0.493 e. The van der Waals surface area contributed by atoms with Gasteiger partial charge in [-0.3, -0.25) is 14.3 Å². The summed E-state index contributed by atoms with van der Waals surface area (Å²) in [5, 5.41) is 5.00. The van der Waals surface area contributed by atoms with Crippen molar-refractivity contribution in [2.45, 2.75) is 24.9 Å². The van der Waals surface area contributed by atoms with Crippen molar-refractivity contribution < 1.29 is 23.8 Å². The normalized spacial score (nSPS) is 19.5. The molecular formula is C23H24N4O5. The van der Waals surface area contributed by atoms with Crippen LogP contribution in [0.1, 0.15) is 23.2 Å². The molecule has 2 aromatic carbocycles. The Morgan fingerprint density at radius 3 is 2.56 bits per heavy atom. The molecule has 3 heterocycles. The van der Waals surface area contributed by atoms with Crippen LogP contribution < -0.4 is 15.2 Å². The number of hydrogen-bond acceptors (Lipinski definition) is 6. The fraction of sp³-hybridized carbons (Fsp3) is 0.348. The average Bonchev–Trinajstić information content (AvgIpc) is 3.14. The lowest BCUT2D eigenvalue weighted by molar-refractivity contribution is -0.167. The van der Waals surface area contributed by atoms with Crippen LogP contribution in [0.25, 0.3) is 10.9 Å². The molecule has 2 amide bonds. The van der Waals surface area contributed by atoms with Gasteiger partial charge in [0.15, 0.2) is 0 Å². The molecule has 0 aliphatic carbocycles. The third kappa shape index (κ3) is 3.75. The van der Waals surface area contributed by atoms with Crippen LogP contribution in [0.5, 0.6) is 17.2 Å². The maximum absolute atomic E-state index is 12.4. The van der Waals surface area contributed by atoms with Crippen LogP contribution in [-0.2, 0) is 16.6 Å². The number of hydrogen-bond donors (Lipinski definition) is 1. The Kier molecular flexibility index (Phi) is 5.18. The van der Waals surface area contributed by atoms with Crippen molar-refractivity contribution >= 4 is 22.7 Å². The van der Waals surface area contributed by atoms with E-state index in [1.165, 1.54) is 0 Å². The molecule has 2 N–H and O–H groups in total. The summed E-state index contributed by atoms with van der Waals surface area (Å²) in [5.41, 5.74) is 6.64. The first-order valence-electron chi connectivity index (χ1n) is 10.5. The molecular weight excluding hydrogens is 412 g/mol. The van der Waals surface area contributed by atoms with Gasteiger partial charge in [0.05, 0.1) is 55.6 Å². The lowest BCUT2D eigenvalue weighted by Gasteiger charge is -2.52. The lowest BCUT2D eigenvalue weighted by Crippen LogP contribution is -2.65. The van der Waals surface area contributed by atoms with Gasteiger partial charge in [-0.15, -0.1) is 0 Å². The monoisotopic (exact) mass is 436 g/mol. The minimum atomic E-state index is -0.576. The highest BCUT2D eigenvalue weighted by molar-refractivity contribution is 6.00. The van der Waals surface area contributed by atoms with Gasteiger partial charge in [0.25, 0.3) is 5.91 Å². The summed E-state index contributed by atoms with van der Waals surface area (Å²) in [4.78, 5) is 26.2. The standard InChI is InChI=1S/C23H24N4O5/c1-26-20-10-21(19(23(24)29)8-14(20)11-25-26)32-18-4-2-17(3-5-18)31-7-6-22(28)27-15-9-16(27)13-30-12-15/h2-5,8,10-11,15-16H,6-7,9,12-13H2,1H3,(H2,24,29). The molecule has 2 bridgehead atoms. The fourth-order valence-corrected chi connectivity index (χ4v) is 4.32. The first-order chi connectivity index (χ1) is 15.5. The molecule has 2 unspecified atom stereocenters. The highest BCUT2D eigenvalue weighted by atomic mass is 16.5. The highest BCUT2D eigenvalue weighted by Gasteiger charge is 2.44. The van der Waals surface area contributed by atoms with Gasteiger partial charge in [-0.2, -0.15) is 5.10 Å². The Bertz CT molecular complexity index is 1160. The van der Waals surface area contributed by atoms with Crippen molar-refractivity contribution in [1.29, 1.82) is 0 Å². The van der Waals surface area contributed by atoms with Crippen LogP contribution >= 0.6 is 0 Å². The van der Waals surface area contributed by atoms with E-state index < -0.39 is 5.91 Å². The van der Waals surface area contributed by atoms with Gasteiger partial charge in [-0.05, 0) is 36.8 Å². The quantitative estimate of drug-likeness (QED) is 0.608. The third-order valence-electron chi connectivity index (χ3n) is 5.99. The number of aromatic nitrogens is 2. The van der Waals surface area contributed by atoms with Crippen LogP contribution in [0.4, 0.5) is 0 Å². The Labute approximate surface area is 184 Å². The summed E-state index contributed by atoms with van der Waals surface area (Å²) in [7, 11) is 1.81. The number of primary amides is 1. The number of nitrogens with zero attached hydrogens (tertiary/aromatic N) is 3. The number of aryl methyl sites for hydroxylation is 1. The van der Waals surface area contributed by atoms with Crippen LogP contribution in [0.15, 0.2) is 42.6 Å². The predicted molar refractivity (Wildman–Crippen MR) is 116 cm³/mol. The first-order valence-corrected chi connectivity index (χ1v) is 10.5. The molecule has 166 valence electrons. The second-order valence-corrected chi connectivity index (χ2v) is 8.09. The Morgan fingerprint density at radius 1 is 1.16 bits per heavy atom. The number of carbonyl (C=O) groups is 2. The minimum Gasteiger partial charge on any atom is -0.493 e. The van der Waals surface area contributed by atoms with E-state index in [-0.39, 0.29) is 23.6 Å². The molecule has 32 heavy (non-hydrogen) atoms. The highest BCUT2D eigenvalue weighted by Crippen LogP contribution is 2.32. The number of benzene rings is 2. The fourth-order valence-electron chi connectivity index (χ4n) is 4.32. The summed E-state index contributed by atoms with van der Waals surface area (Å²) in [5.74, 6) is 1.06. The molecule has 5 rings (SSSR count). The lowest BCUT2D eigenvalue weighted by atomic mass is 9.91. The Hall–Kier alpha value is -3.59. The van der Waals surface area contributed by atoms with Gasteiger partial charge in [0.1, 0.15) is 17.2 Å². The summed E-state index contributed by atoms with van der Waals surface area (Å²) >= 11 is 0. The summed E-state index contributed by atoms with van der Waals surface area (Å²) < 4.78 is 18.8. The third-order valence-corrected chi connectivity index (χ3v) is 5.99. The zero-order valence-corrected chi connectivity index (χ0v) is 17.7. The number of nitrogens with two attached hydrogens (primary N) is 1. The summed E-state index contributed by atoms with van der Waals surface area (Å²) in [6, 6.07) is 10.9. The minimum absolute atomic E-state index is 0.110. The molecule has 2 saturated heterocycles. The van der Waals surface area contributed by atoms with Gasteiger partial charge in [0, 0.05) is 18.5 Å². The van der Waals surface area contributed by atoms with E-state index in [1.54, 1.807) is 47.3 Å². The molecule has 1 aromatic heterocycles. The van der Waals surface area contributed by atoms with Crippen LogP contribution in [0.3, 0.4) is 0 Å². The molecule has 0 saturated carbocycles. The van der Waals surface area contributed by atoms with E-state index in [9.17, 15) is 9.59 Å². The molecule has 9 heteroatoms. The average molecular weight is 436 g/mol. The summed E-state index contributed by atoms with van der Waals surface area (Å²) in [6.07, 6.45) is 3.04. The van der Waals surface area contributed by atoms with Crippen molar-refractivity contribution in [3.8, 4) is 17.2 Å². The number of carbonyl (C=O) groups excluding carboxylic acids is 2. The van der Waals surface area contributed by atoms with Crippen molar-refractivity contribution in [2.24, 2.45) is 12.8 Å². The van der Waals surface area contributed by atoms with E-state index in [4.69, 9.17) is 19.9 Å². The van der Waals surface area contributed by atoms with E-state index in [2.05, 4.69) is 5.10 Å². The van der Waals surface area contributed by atoms with E-state index in [1.807, 2.05) is 11.9 Å². The predicted octanol–water partition coefficient (Wildman–Crippen LogP) is 2.23. The molecule has 2 aliphatic rings. The van der Waals surface area contributed by atoms with Gasteiger partial charge in [0.2, 0.25) is 5.91 Å². The molecule has 2 fully saturated rings. The van der Waals surface area contributed by atoms with Gasteiger partial charge in [-0.25, -0.2) is 0 Å². The van der Waals surface area contributed by atoms with Crippen molar-refractivity contribution in [2.75, 3.05) is 19.8 Å². The molecule has 3 aromatic rings. The maximum Gasteiger partial charge on any atom is 0.252 e. The second kappa shape index (κ2) is 8.16. The molecule has 0 spiro atoms. The number of fused-ring (bicyclic) bond motifs is 3. The topological polar surface area (TPSA) is 109 Å². The van der Waals surface area contributed by atoms with Gasteiger partial charge in [-0.1, -0.05) is 0 Å². The molecule has 0 radical (unpaired) electrons. The van der Waals surface area contributed by atoms with E-state index >= 15 is 0 Å². The van der Waals surface area contributed by atoms with Gasteiger partial charge < -0.3 is 24.8 Å². The van der Waals surface area contributed by atoms with Crippen LogP contribution in [-0.4, -0.2) is 58.4 Å². The second-order valence-electron chi connectivity index (χ2n) is 8.09. The maximum atomic E-state index is 12.4. The zero-order valence-electron chi connectivity index (χ0n) is 17.7. The van der Waals surface area contributed by atoms with E-state index in [0.29, 0.717) is 43.5 Å². The zero-order chi connectivity index (χ0) is 22.2. The number of rotatable bonds is 7. The van der Waals surface area contributed by atoms with Crippen molar-refractivity contribution in [3.05, 3.63) is 48.2 Å². The Balaban J connectivity index is 1.21. The molecule has 2 atom stereocenters. The Morgan fingerprint density at radius 2 is 1.88 bits per heavy atom. The number of morpholine rings is 1. The van der Waals surface area contributed by atoms with Crippen molar-refractivity contribution in [1.82, 2.24) is 14.7 Å². The van der Waals surface area contributed by atoms with E-state index in [0.717, 1.165) is 17.3 Å².